The molecule has 0 aliphatic rings. The Hall–Kier alpha value is -2.31. The van der Waals surface area contributed by atoms with Gasteiger partial charge in [-0.15, -0.1) is 0 Å². The number of aromatic nitrogens is 2. The van der Waals surface area contributed by atoms with Gasteiger partial charge in [-0.25, -0.2) is 9.48 Å². The van der Waals surface area contributed by atoms with Crippen LogP contribution in [0.2, 0.25) is 0 Å². The number of hydrogen-bond donors (Lipinski definition) is 1. The average molecular weight is 270 g/mol. The van der Waals surface area contributed by atoms with E-state index in [1.807, 2.05) is 0 Å². The Kier molecular flexibility index (Phi) is 3.05. The summed E-state index contributed by atoms with van der Waals surface area (Å²) in [4.78, 5) is 11.0. The fourth-order valence-electron chi connectivity index (χ4n) is 1.64. The van der Waals surface area contributed by atoms with Crippen molar-refractivity contribution in [2.45, 2.75) is 13.1 Å². The lowest BCUT2D eigenvalue weighted by molar-refractivity contribution is -0.137. The van der Waals surface area contributed by atoms with Gasteiger partial charge in [-0.2, -0.15) is 18.3 Å². The topological polar surface area (TPSA) is 55.1 Å². The van der Waals surface area contributed by atoms with E-state index < -0.39 is 17.7 Å². The standard InChI is InChI=1S/C12H9F3N2O2/c1-7-6-10(11(18)19)17(16-7)9-4-2-8(3-5-9)12(13,14)15/h2-6H,1H3,(H,18,19). The largest absolute Gasteiger partial charge is 0.477 e. The molecule has 1 aromatic carbocycles. The molecule has 4 nitrogen and oxygen atoms in total. The Bertz CT molecular complexity index is 615. The normalized spacial score (nSPS) is 11.6. The van der Waals surface area contributed by atoms with Crippen LogP contribution in [0.4, 0.5) is 13.2 Å². The van der Waals surface area contributed by atoms with Gasteiger partial charge in [-0.1, -0.05) is 0 Å². The monoisotopic (exact) mass is 270 g/mol. The highest BCUT2D eigenvalue weighted by Crippen LogP contribution is 2.29. The van der Waals surface area contributed by atoms with E-state index in [1.54, 1.807) is 6.92 Å². The van der Waals surface area contributed by atoms with Crippen LogP contribution in [0.5, 0.6) is 0 Å². The van der Waals surface area contributed by atoms with E-state index >= 15 is 0 Å². The van der Waals surface area contributed by atoms with E-state index in [1.165, 1.54) is 18.2 Å². The van der Waals surface area contributed by atoms with E-state index in [0.29, 0.717) is 5.69 Å². The fourth-order valence-corrected chi connectivity index (χ4v) is 1.64. The van der Waals surface area contributed by atoms with Gasteiger partial charge in [0.25, 0.3) is 0 Å². The number of carboxylic acids is 1. The predicted octanol–water partition coefficient (Wildman–Crippen LogP) is 2.90. The second kappa shape index (κ2) is 4.42. The summed E-state index contributed by atoms with van der Waals surface area (Å²) in [6, 6.07) is 5.49. The number of carbonyl (C=O) groups is 1. The third-order valence-corrected chi connectivity index (χ3v) is 2.49. The van der Waals surface area contributed by atoms with Crippen molar-refractivity contribution in [1.82, 2.24) is 9.78 Å². The van der Waals surface area contributed by atoms with Crippen LogP contribution in [0.3, 0.4) is 0 Å². The van der Waals surface area contributed by atoms with Gasteiger partial charge in [0.1, 0.15) is 0 Å². The number of halogens is 3. The molecule has 7 heteroatoms. The van der Waals surface area contributed by atoms with Gasteiger partial charge in [0.05, 0.1) is 16.9 Å². The summed E-state index contributed by atoms with van der Waals surface area (Å²) >= 11 is 0. The minimum atomic E-state index is -4.42. The molecule has 0 saturated carbocycles. The molecule has 0 unspecified atom stereocenters. The summed E-state index contributed by atoms with van der Waals surface area (Å²) in [5, 5.41) is 12.9. The fraction of sp³-hybridized carbons (Fsp3) is 0.167. The van der Waals surface area contributed by atoms with Crippen molar-refractivity contribution < 1.29 is 23.1 Å². The number of benzene rings is 1. The molecule has 2 aromatic rings. The predicted molar refractivity (Wildman–Crippen MR) is 60.3 cm³/mol. The highest BCUT2D eigenvalue weighted by Gasteiger charge is 2.30. The van der Waals surface area contributed by atoms with E-state index in [-0.39, 0.29) is 11.4 Å². The maximum Gasteiger partial charge on any atom is 0.416 e. The van der Waals surface area contributed by atoms with E-state index in [9.17, 15) is 18.0 Å². The number of aromatic carboxylic acids is 1. The van der Waals surface area contributed by atoms with E-state index in [4.69, 9.17) is 5.11 Å². The molecule has 1 N–H and O–H groups in total. The summed E-state index contributed by atoms with van der Waals surface area (Å²) in [5.41, 5.74) is -0.162. The molecule has 2 rings (SSSR count). The zero-order valence-corrected chi connectivity index (χ0v) is 9.77. The zero-order chi connectivity index (χ0) is 14.2. The molecule has 19 heavy (non-hydrogen) atoms. The summed E-state index contributed by atoms with van der Waals surface area (Å²) in [7, 11) is 0. The van der Waals surface area contributed by atoms with E-state index in [2.05, 4.69) is 5.10 Å². The van der Waals surface area contributed by atoms with Gasteiger partial charge < -0.3 is 5.11 Å². The average Bonchev–Trinajstić information content (AvgIpc) is 2.70. The van der Waals surface area contributed by atoms with Crippen molar-refractivity contribution in [1.29, 1.82) is 0 Å². The Morgan fingerprint density at radius 1 is 1.26 bits per heavy atom. The highest BCUT2D eigenvalue weighted by molar-refractivity contribution is 5.86. The SMILES string of the molecule is Cc1cc(C(=O)O)n(-c2ccc(C(F)(F)F)cc2)n1. The molecule has 0 amide bonds. The number of hydrogen-bond acceptors (Lipinski definition) is 2. The molecule has 0 spiro atoms. The van der Waals surface area contributed by atoms with Gasteiger partial charge >= 0.3 is 12.1 Å². The van der Waals surface area contributed by atoms with Gasteiger partial charge in [-0.05, 0) is 37.3 Å². The van der Waals surface area contributed by atoms with Gasteiger partial charge in [-0.3, -0.25) is 0 Å². The number of alkyl halides is 3. The minimum Gasteiger partial charge on any atom is -0.477 e. The molecule has 0 aliphatic heterocycles. The lowest BCUT2D eigenvalue weighted by Gasteiger charge is -2.08. The molecule has 0 fully saturated rings. The third-order valence-electron chi connectivity index (χ3n) is 2.49. The van der Waals surface area contributed by atoms with Crippen molar-refractivity contribution in [3.63, 3.8) is 0 Å². The van der Waals surface area contributed by atoms with Crippen LogP contribution in [0, 0.1) is 6.92 Å². The Balaban J connectivity index is 2.46. The molecule has 0 radical (unpaired) electrons. The number of carboxylic acid groups (broad SMARTS) is 1. The third kappa shape index (κ3) is 2.59. The first-order chi connectivity index (χ1) is 8.79. The molecule has 0 bridgehead atoms. The summed E-state index contributed by atoms with van der Waals surface area (Å²) in [5.74, 6) is -1.19. The summed E-state index contributed by atoms with van der Waals surface area (Å²) < 4.78 is 38.3. The second-order valence-electron chi connectivity index (χ2n) is 3.93. The number of aryl methyl sites for hydroxylation is 1. The van der Waals surface area contributed by atoms with Crippen LogP contribution in [0.15, 0.2) is 30.3 Å². The first kappa shape index (κ1) is 13.1. The van der Waals surface area contributed by atoms with Crippen molar-refractivity contribution >= 4 is 5.97 Å². The molecule has 0 atom stereocenters. The van der Waals surface area contributed by atoms with Crippen molar-refractivity contribution in [3.8, 4) is 5.69 Å². The van der Waals surface area contributed by atoms with Crippen LogP contribution in [-0.4, -0.2) is 20.9 Å². The molecule has 100 valence electrons. The molecular formula is C12H9F3N2O2. The van der Waals surface area contributed by atoms with Gasteiger partial charge in [0.15, 0.2) is 5.69 Å². The second-order valence-corrected chi connectivity index (χ2v) is 3.93. The van der Waals surface area contributed by atoms with Crippen LogP contribution < -0.4 is 0 Å². The summed E-state index contributed by atoms with van der Waals surface area (Å²) in [6.07, 6.45) is -4.42. The van der Waals surface area contributed by atoms with Crippen LogP contribution in [-0.2, 0) is 6.18 Å². The molecule has 1 aromatic heterocycles. The smallest absolute Gasteiger partial charge is 0.416 e. The maximum atomic E-state index is 12.4. The van der Waals surface area contributed by atoms with Crippen LogP contribution in [0.1, 0.15) is 21.7 Å². The van der Waals surface area contributed by atoms with Crippen LogP contribution >= 0.6 is 0 Å². The van der Waals surface area contributed by atoms with Gasteiger partial charge in [0.2, 0.25) is 0 Å². The number of rotatable bonds is 2. The van der Waals surface area contributed by atoms with Crippen molar-refractivity contribution in [3.05, 3.63) is 47.3 Å². The Labute approximate surface area is 106 Å². The molecule has 1 heterocycles. The quantitative estimate of drug-likeness (QED) is 0.912. The van der Waals surface area contributed by atoms with Gasteiger partial charge in [0, 0.05) is 0 Å². The van der Waals surface area contributed by atoms with Crippen molar-refractivity contribution in [2.75, 3.05) is 0 Å². The lowest BCUT2D eigenvalue weighted by Crippen LogP contribution is -2.09. The Morgan fingerprint density at radius 3 is 2.32 bits per heavy atom. The molecule has 0 saturated heterocycles. The highest BCUT2D eigenvalue weighted by atomic mass is 19.4. The first-order valence-electron chi connectivity index (χ1n) is 5.26. The minimum absolute atomic E-state index is 0.0998. The van der Waals surface area contributed by atoms with Crippen LogP contribution in [0.25, 0.3) is 5.69 Å². The lowest BCUT2D eigenvalue weighted by atomic mass is 10.2. The molecular weight excluding hydrogens is 261 g/mol. The Morgan fingerprint density at radius 2 is 1.84 bits per heavy atom. The van der Waals surface area contributed by atoms with E-state index in [0.717, 1.165) is 16.8 Å². The maximum absolute atomic E-state index is 12.4. The number of nitrogens with zero attached hydrogens (tertiary/aromatic N) is 2. The first-order valence-corrected chi connectivity index (χ1v) is 5.26. The van der Waals surface area contributed by atoms with Crippen molar-refractivity contribution in [2.24, 2.45) is 0 Å². The summed E-state index contributed by atoms with van der Waals surface area (Å²) in [6.45, 7) is 1.60. The zero-order valence-electron chi connectivity index (χ0n) is 9.77. The molecule has 0 aliphatic carbocycles.